The van der Waals surface area contributed by atoms with E-state index in [1.807, 2.05) is 18.2 Å². The predicted octanol–water partition coefficient (Wildman–Crippen LogP) is 5.57. The molecule has 1 heterocycles. The van der Waals surface area contributed by atoms with Crippen LogP contribution in [-0.4, -0.2) is 24.1 Å². The van der Waals surface area contributed by atoms with Crippen molar-refractivity contribution in [2.24, 2.45) is 0 Å². The van der Waals surface area contributed by atoms with Crippen LogP contribution < -0.4 is 0 Å². The van der Waals surface area contributed by atoms with Gasteiger partial charge in [0.25, 0.3) is 10.0 Å². The maximum atomic E-state index is 13.9. The number of rotatable bonds is 6. The van der Waals surface area contributed by atoms with Crippen molar-refractivity contribution in [3.63, 3.8) is 0 Å². The molecule has 160 valence electrons. The van der Waals surface area contributed by atoms with Gasteiger partial charge in [-0.2, -0.15) is 0 Å². The van der Waals surface area contributed by atoms with Gasteiger partial charge in [0, 0.05) is 23.2 Å². The van der Waals surface area contributed by atoms with Gasteiger partial charge in [-0.15, -0.1) is 0 Å². The Morgan fingerprint density at radius 3 is 2.52 bits per heavy atom. The molecule has 4 nitrogen and oxygen atoms in total. The SMILES string of the molecule is Cc1c(-c2ccc(Cl)cc2)cccc1S(=O)(=O)n1cc(CCCO)c2cc(F)ccc21. The Labute approximate surface area is 185 Å². The van der Waals surface area contributed by atoms with Crippen LogP contribution >= 0.6 is 11.6 Å². The molecule has 0 spiro atoms. The number of halogens is 2. The third-order valence-corrected chi connectivity index (χ3v) is 7.47. The minimum absolute atomic E-state index is 0.0308. The van der Waals surface area contributed by atoms with Gasteiger partial charge >= 0.3 is 0 Å². The van der Waals surface area contributed by atoms with Crippen LogP contribution in [0.15, 0.2) is 71.8 Å². The standard InChI is InChI=1S/C24H21ClFNO3S/c1-16-21(17-7-9-19(25)10-8-17)5-2-6-24(16)31(29,30)27-15-18(4-3-13-28)22-14-20(26)11-12-23(22)27/h2,5-12,14-15,28H,3-4,13H2,1H3. The highest BCUT2D eigenvalue weighted by atomic mass is 35.5. The first-order valence-corrected chi connectivity index (χ1v) is 11.7. The van der Waals surface area contributed by atoms with Gasteiger partial charge in [-0.1, -0.05) is 35.9 Å². The average Bonchev–Trinajstić information content (AvgIpc) is 3.11. The molecular formula is C24H21ClFNO3S. The molecule has 0 fully saturated rings. The van der Waals surface area contributed by atoms with E-state index in [4.69, 9.17) is 11.6 Å². The van der Waals surface area contributed by atoms with Gasteiger partial charge < -0.3 is 5.11 Å². The second-order valence-corrected chi connectivity index (χ2v) is 9.60. The topological polar surface area (TPSA) is 59.3 Å². The minimum atomic E-state index is -3.95. The maximum Gasteiger partial charge on any atom is 0.268 e. The zero-order chi connectivity index (χ0) is 22.2. The zero-order valence-corrected chi connectivity index (χ0v) is 18.4. The first-order chi connectivity index (χ1) is 14.8. The van der Waals surface area contributed by atoms with Gasteiger partial charge in [0.1, 0.15) is 5.82 Å². The van der Waals surface area contributed by atoms with Crippen LogP contribution in [0.1, 0.15) is 17.5 Å². The molecule has 0 saturated carbocycles. The summed E-state index contributed by atoms with van der Waals surface area (Å²) >= 11 is 5.99. The van der Waals surface area contributed by atoms with Crippen molar-refractivity contribution in [1.82, 2.24) is 3.97 Å². The molecule has 4 aromatic rings. The molecule has 0 amide bonds. The summed E-state index contributed by atoms with van der Waals surface area (Å²) in [6.45, 7) is 1.74. The van der Waals surface area contributed by atoms with Crippen LogP contribution in [0.4, 0.5) is 4.39 Å². The fraction of sp³-hybridized carbons (Fsp3) is 0.167. The number of fused-ring (bicyclic) bond motifs is 1. The molecule has 0 aliphatic carbocycles. The molecule has 0 radical (unpaired) electrons. The highest BCUT2D eigenvalue weighted by Gasteiger charge is 2.24. The van der Waals surface area contributed by atoms with Crippen LogP contribution in [0.25, 0.3) is 22.0 Å². The first-order valence-electron chi connectivity index (χ1n) is 9.84. The Kier molecular flexibility index (Phi) is 5.88. The van der Waals surface area contributed by atoms with E-state index in [1.165, 1.54) is 28.4 Å². The molecule has 0 bridgehead atoms. The predicted molar refractivity (Wildman–Crippen MR) is 122 cm³/mol. The van der Waals surface area contributed by atoms with E-state index in [2.05, 4.69) is 0 Å². The number of aromatic nitrogens is 1. The van der Waals surface area contributed by atoms with Crippen LogP contribution in [0.5, 0.6) is 0 Å². The lowest BCUT2D eigenvalue weighted by Crippen LogP contribution is -2.13. The first kappa shape index (κ1) is 21.6. The lowest BCUT2D eigenvalue weighted by atomic mass is 10.0. The fourth-order valence-electron chi connectivity index (χ4n) is 3.85. The summed E-state index contributed by atoms with van der Waals surface area (Å²) in [5, 5.41) is 10.3. The molecule has 1 N–H and O–H groups in total. The Morgan fingerprint density at radius 2 is 1.81 bits per heavy atom. The van der Waals surface area contributed by atoms with E-state index in [9.17, 15) is 17.9 Å². The summed E-state index contributed by atoms with van der Waals surface area (Å²) in [7, 11) is -3.95. The summed E-state index contributed by atoms with van der Waals surface area (Å²) < 4.78 is 42.4. The molecule has 0 unspecified atom stereocenters. The number of hydrogen-bond donors (Lipinski definition) is 1. The van der Waals surface area contributed by atoms with Crippen molar-refractivity contribution in [3.8, 4) is 11.1 Å². The number of benzene rings is 3. The fourth-order valence-corrected chi connectivity index (χ4v) is 5.62. The molecule has 7 heteroatoms. The summed E-state index contributed by atoms with van der Waals surface area (Å²) in [6, 6.07) is 16.4. The molecule has 4 rings (SSSR count). The average molecular weight is 458 g/mol. The van der Waals surface area contributed by atoms with Crippen molar-refractivity contribution in [2.45, 2.75) is 24.7 Å². The summed E-state index contributed by atoms with van der Waals surface area (Å²) in [5.41, 5.74) is 3.36. The number of aliphatic hydroxyl groups is 1. The zero-order valence-electron chi connectivity index (χ0n) is 16.8. The molecule has 1 aromatic heterocycles. The maximum absolute atomic E-state index is 13.9. The van der Waals surface area contributed by atoms with Gasteiger partial charge in [-0.05, 0) is 78.4 Å². The summed E-state index contributed by atoms with van der Waals surface area (Å²) in [6.07, 6.45) is 2.44. The number of aliphatic hydroxyl groups excluding tert-OH is 1. The van der Waals surface area contributed by atoms with Crippen molar-refractivity contribution >= 4 is 32.5 Å². The minimum Gasteiger partial charge on any atom is -0.396 e. The summed E-state index contributed by atoms with van der Waals surface area (Å²) in [5.74, 6) is -0.436. The Balaban J connectivity index is 1.89. The molecule has 0 aliphatic heterocycles. The number of nitrogens with zero attached hydrogens (tertiary/aromatic N) is 1. The van der Waals surface area contributed by atoms with Crippen molar-refractivity contribution < 1.29 is 17.9 Å². The van der Waals surface area contributed by atoms with Crippen molar-refractivity contribution in [2.75, 3.05) is 6.61 Å². The van der Waals surface area contributed by atoms with Gasteiger partial charge in [0.2, 0.25) is 0 Å². The lowest BCUT2D eigenvalue weighted by molar-refractivity contribution is 0.289. The van der Waals surface area contributed by atoms with Crippen LogP contribution in [0.3, 0.4) is 0 Å². The van der Waals surface area contributed by atoms with E-state index < -0.39 is 15.8 Å². The van der Waals surface area contributed by atoms with Gasteiger partial charge in [-0.3, -0.25) is 0 Å². The smallest absolute Gasteiger partial charge is 0.268 e. The van der Waals surface area contributed by atoms with Crippen LogP contribution in [-0.2, 0) is 16.4 Å². The van der Waals surface area contributed by atoms with Gasteiger partial charge in [0.15, 0.2) is 0 Å². The van der Waals surface area contributed by atoms with E-state index in [-0.39, 0.29) is 11.5 Å². The molecular weight excluding hydrogens is 437 g/mol. The molecule has 0 atom stereocenters. The largest absolute Gasteiger partial charge is 0.396 e. The van der Waals surface area contributed by atoms with E-state index in [0.717, 1.165) is 11.1 Å². The summed E-state index contributed by atoms with van der Waals surface area (Å²) in [4.78, 5) is 0.176. The second kappa shape index (κ2) is 8.46. The van der Waals surface area contributed by atoms with E-state index in [0.29, 0.717) is 39.9 Å². The van der Waals surface area contributed by atoms with Crippen LogP contribution in [0.2, 0.25) is 5.02 Å². The Bertz CT molecular complexity index is 1360. The van der Waals surface area contributed by atoms with Crippen LogP contribution in [0, 0.1) is 12.7 Å². The Hall–Kier alpha value is -2.67. The lowest BCUT2D eigenvalue weighted by Gasteiger charge is -2.14. The second-order valence-electron chi connectivity index (χ2n) is 7.38. The monoisotopic (exact) mass is 457 g/mol. The third-order valence-electron chi connectivity index (χ3n) is 5.40. The normalized spacial score (nSPS) is 11.9. The van der Waals surface area contributed by atoms with Crippen molar-refractivity contribution in [3.05, 3.63) is 88.8 Å². The molecule has 3 aromatic carbocycles. The quantitative estimate of drug-likeness (QED) is 0.411. The van der Waals surface area contributed by atoms with Gasteiger partial charge in [0.05, 0.1) is 10.4 Å². The number of hydrogen-bond acceptors (Lipinski definition) is 3. The molecule has 0 aliphatic rings. The highest BCUT2D eigenvalue weighted by Crippen LogP contribution is 2.33. The molecule has 31 heavy (non-hydrogen) atoms. The van der Waals surface area contributed by atoms with Gasteiger partial charge in [-0.25, -0.2) is 16.8 Å². The van der Waals surface area contributed by atoms with E-state index in [1.54, 1.807) is 31.2 Å². The number of aryl methyl sites for hydroxylation is 1. The Morgan fingerprint density at radius 1 is 1.06 bits per heavy atom. The van der Waals surface area contributed by atoms with Crippen molar-refractivity contribution in [1.29, 1.82) is 0 Å². The third kappa shape index (κ3) is 3.99. The van der Waals surface area contributed by atoms with E-state index >= 15 is 0 Å². The molecule has 0 saturated heterocycles. The highest BCUT2D eigenvalue weighted by molar-refractivity contribution is 7.90.